The molecule has 1 heterocycles. The second kappa shape index (κ2) is 7.34. The average molecular weight is 369 g/mol. The Bertz CT molecular complexity index is 888. The first kappa shape index (κ1) is 18.2. The maximum Gasteiger partial charge on any atom is 0.278 e. The third-order valence-electron chi connectivity index (χ3n) is 4.22. The molecule has 1 aliphatic rings. The molecule has 0 spiro atoms. The fourth-order valence-corrected chi connectivity index (χ4v) is 3.09. The van der Waals surface area contributed by atoms with Crippen molar-refractivity contribution in [3.8, 4) is 0 Å². The third kappa shape index (κ3) is 3.51. The second-order valence-corrected chi connectivity index (χ2v) is 7.23. The van der Waals surface area contributed by atoms with Crippen LogP contribution in [0.15, 0.2) is 54.2 Å². The summed E-state index contributed by atoms with van der Waals surface area (Å²) in [7, 11) is 0. The molecule has 0 unspecified atom stereocenters. The van der Waals surface area contributed by atoms with Gasteiger partial charge < -0.3 is 5.32 Å². The molecule has 2 amide bonds. The van der Waals surface area contributed by atoms with Gasteiger partial charge in [0.1, 0.15) is 5.70 Å². The van der Waals surface area contributed by atoms with Crippen LogP contribution >= 0.6 is 11.6 Å². The summed E-state index contributed by atoms with van der Waals surface area (Å²) >= 11 is 6.20. The first-order chi connectivity index (χ1) is 12.4. The van der Waals surface area contributed by atoms with Crippen LogP contribution in [0, 0.1) is 12.8 Å². The molecule has 2 aromatic carbocycles. The van der Waals surface area contributed by atoms with Gasteiger partial charge in [0.2, 0.25) is 0 Å². The molecule has 5 heteroatoms. The number of aryl methyl sites for hydroxylation is 1. The predicted molar refractivity (Wildman–Crippen MR) is 105 cm³/mol. The van der Waals surface area contributed by atoms with E-state index < -0.39 is 0 Å². The number of carbonyl (C=O) groups is 2. The third-order valence-corrected chi connectivity index (χ3v) is 4.63. The van der Waals surface area contributed by atoms with E-state index in [9.17, 15) is 9.59 Å². The molecule has 0 aliphatic carbocycles. The van der Waals surface area contributed by atoms with Gasteiger partial charge in [-0.25, -0.2) is 0 Å². The predicted octanol–water partition coefficient (Wildman–Crippen LogP) is 4.50. The maximum absolute atomic E-state index is 13.0. The van der Waals surface area contributed by atoms with Crippen LogP contribution < -0.4 is 5.32 Å². The number of benzene rings is 2. The zero-order valence-corrected chi connectivity index (χ0v) is 15.8. The number of hydrogen-bond acceptors (Lipinski definition) is 3. The van der Waals surface area contributed by atoms with Gasteiger partial charge in [-0.05, 0) is 36.1 Å². The van der Waals surface area contributed by atoms with Crippen LogP contribution in [0.25, 0.3) is 5.57 Å². The monoisotopic (exact) mass is 368 g/mol. The van der Waals surface area contributed by atoms with Crippen molar-refractivity contribution >= 4 is 34.7 Å². The SMILES string of the molecule is Cc1ccc(NC2=C(c3ccccc3)C(=O)N(CC(C)C)C2=O)cc1Cl. The molecule has 134 valence electrons. The summed E-state index contributed by atoms with van der Waals surface area (Å²) in [5.74, 6) is -0.386. The van der Waals surface area contributed by atoms with E-state index in [1.54, 1.807) is 6.07 Å². The van der Waals surface area contributed by atoms with Crippen molar-refractivity contribution in [2.45, 2.75) is 20.8 Å². The number of nitrogens with one attached hydrogen (secondary N) is 1. The molecule has 0 radical (unpaired) electrons. The molecular formula is C21H21ClN2O2. The van der Waals surface area contributed by atoms with Gasteiger partial charge >= 0.3 is 0 Å². The van der Waals surface area contributed by atoms with Crippen LogP contribution in [0.5, 0.6) is 0 Å². The van der Waals surface area contributed by atoms with Crippen molar-refractivity contribution in [1.82, 2.24) is 4.90 Å². The van der Waals surface area contributed by atoms with Gasteiger partial charge in [0, 0.05) is 17.3 Å². The minimum Gasteiger partial charge on any atom is -0.350 e. The lowest BCUT2D eigenvalue weighted by atomic mass is 10.0. The highest BCUT2D eigenvalue weighted by atomic mass is 35.5. The van der Waals surface area contributed by atoms with Crippen molar-refractivity contribution in [3.63, 3.8) is 0 Å². The number of anilines is 1. The number of nitrogens with zero attached hydrogens (tertiary/aromatic N) is 1. The van der Waals surface area contributed by atoms with E-state index in [1.807, 2.05) is 63.2 Å². The van der Waals surface area contributed by atoms with E-state index in [0.717, 1.165) is 11.1 Å². The van der Waals surface area contributed by atoms with Crippen LogP contribution in [0.3, 0.4) is 0 Å². The van der Waals surface area contributed by atoms with Crippen LogP contribution in [0.4, 0.5) is 5.69 Å². The molecule has 2 aromatic rings. The number of hydrogen-bond donors (Lipinski definition) is 1. The van der Waals surface area contributed by atoms with Crippen molar-refractivity contribution in [1.29, 1.82) is 0 Å². The van der Waals surface area contributed by atoms with Crippen molar-refractivity contribution in [3.05, 3.63) is 70.4 Å². The minimum absolute atomic E-state index is 0.188. The topological polar surface area (TPSA) is 49.4 Å². The summed E-state index contributed by atoms with van der Waals surface area (Å²) < 4.78 is 0. The molecular weight excluding hydrogens is 348 g/mol. The molecule has 0 aromatic heterocycles. The van der Waals surface area contributed by atoms with E-state index in [2.05, 4.69) is 5.32 Å². The van der Waals surface area contributed by atoms with E-state index in [4.69, 9.17) is 11.6 Å². The first-order valence-electron chi connectivity index (χ1n) is 8.57. The lowest BCUT2D eigenvalue weighted by molar-refractivity contribution is -0.137. The maximum atomic E-state index is 13.0. The van der Waals surface area contributed by atoms with Gasteiger partial charge in [0.25, 0.3) is 11.8 Å². The lowest BCUT2D eigenvalue weighted by Gasteiger charge is -2.17. The zero-order valence-electron chi connectivity index (χ0n) is 15.0. The zero-order chi connectivity index (χ0) is 18.8. The van der Waals surface area contributed by atoms with Crippen molar-refractivity contribution in [2.75, 3.05) is 11.9 Å². The molecule has 0 saturated heterocycles. The molecule has 3 rings (SSSR count). The summed E-state index contributed by atoms with van der Waals surface area (Å²) in [4.78, 5) is 27.2. The molecule has 1 aliphatic heterocycles. The molecule has 0 fully saturated rings. The summed E-state index contributed by atoms with van der Waals surface area (Å²) in [5, 5.41) is 3.73. The van der Waals surface area contributed by atoms with Crippen molar-refractivity contribution < 1.29 is 9.59 Å². The second-order valence-electron chi connectivity index (χ2n) is 6.82. The Morgan fingerprint density at radius 2 is 1.73 bits per heavy atom. The fourth-order valence-electron chi connectivity index (χ4n) is 2.91. The Balaban J connectivity index is 2.05. The summed E-state index contributed by atoms with van der Waals surface area (Å²) in [6.45, 7) is 6.26. The van der Waals surface area contributed by atoms with Crippen LogP contribution in [0.2, 0.25) is 5.02 Å². The summed E-state index contributed by atoms with van der Waals surface area (Å²) in [5.41, 5.74) is 3.04. The Morgan fingerprint density at radius 1 is 1.04 bits per heavy atom. The quantitative estimate of drug-likeness (QED) is 0.791. The van der Waals surface area contributed by atoms with Crippen LogP contribution in [-0.4, -0.2) is 23.3 Å². The summed E-state index contributed by atoms with van der Waals surface area (Å²) in [6, 6.07) is 14.7. The smallest absolute Gasteiger partial charge is 0.278 e. The van der Waals surface area contributed by atoms with Crippen LogP contribution in [0.1, 0.15) is 25.0 Å². The van der Waals surface area contributed by atoms with Gasteiger partial charge in [-0.15, -0.1) is 0 Å². The lowest BCUT2D eigenvalue weighted by Crippen LogP contribution is -2.35. The molecule has 26 heavy (non-hydrogen) atoms. The Kier molecular flexibility index (Phi) is 5.14. The van der Waals surface area contributed by atoms with E-state index in [1.165, 1.54) is 4.90 Å². The van der Waals surface area contributed by atoms with E-state index >= 15 is 0 Å². The van der Waals surface area contributed by atoms with Gasteiger partial charge in [0.15, 0.2) is 0 Å². The normalized spacial score (nSPS) is 14.6. The number of halogens is 1. The largest absolute Gasteiger partial charge is 0.350 e. The number of imide groups is 1. The molecule has 1 N–H and O–H groups in total. The highest BCUT2D eigenvalue weighted by Gasteiger charge is 2.39. The first-order valence-corrected chi connectivity index (χ1v) is 8.95. The number of amides is 2. The van der Waals surface area contributed by atoms with Gasteiger partial charge in [0.05, 0.1) is 5.57 Å². The highest BCUT2D eigenvalue weighted by Crippen LogP contribution is 2.31. The summed E-state index contributed by atoms with van der Waals surface area (Å²) in [6.07, 6.45) is 0. The average Bonchev–Trinajstić information content (AvgIpc) is 2.83. The van der Waals surface area contributed by atoms with Crippen molar-refractivity contribution in [2.24, 2.45) is 5.92 Å². The highest BCUT2D eigenvalue weighted by molar-refractivity contribution is 6.36. The van der Waals surface area contributed by atoms with E-state index in [-0.39, 0.29) is 17.7 Å². The molecule has 4 nitrogen and oxygen atoms in total. The molecule has 0 saturated carbocycles. The number of carbonyl (C=O) groups excluding carboxylic acids is 2. The van der Waals surface area contributed by atoms with Gasteiger partial charge in [-0.3, -0.25) is 14.5 Å². The van der Waals surface area contributed by atoms with Gasteiger partial charge in [-0.2, -0.15) is 0 Å². The molecule has 0 atom stereocenters. The standard InChI is InChI=1S/C21H21ClN2O2/c1-13(2)12-24-20(25)18(15-7-5-4-6-8-15)19(21(24)26)23-16-10-9-14(3)17(22)11-16/h4-11,13,23H,12H2,1-3H3. The minimum atomic E-state index is -0.306. The van der Waals surface area contributed by atoms with E-state index in [0.29, 0.717) is 28.5 Å². The molecule has 0 bridgehead atoms. The fraction of sp³-hybridized carbons (Fsp3) is 0.238. The Hall–Kier alpha value is -2.59. The Morgan fingerprint density at radius 3 is 2.35 bits per heavy atom. The Labute approximate surface area is 158 Å². The number of rotatable bonds is 5. The van der Waals surface area contributed by atoms with Gasteiger partial charge in [-0.1, -0.05) is 61.8 Å². The van der Waals surface area contributed by atoms with Crippen LogP contribution in [-0.2, 0) is 9.59 Å².